The molecule has 2 atom stereocenters. The summed E-state index contributed by atoms with van der Waals surface area (Å²) in [6, 6.07) is 11.5. The number of carbonyl (C=O) groups excluding carboxylic acids is 3. The summed E-state index contributed by atoms with van der Waals surface area (Å²) in [4.78, 5) is 39.0. The molecule has 180 valence electrons. The number of aliphatic hydroxyl groups is 1. The number of rotatable bonds is 2. The Bertz CT molecular complexity index is 1060. The van der Waals surface area contributed by atoms with E-state index in [1.54, 1.807) is 24.3 Å². The minimum atomic E-state index is -0.598. The summed E-state index contributed by atoms with van der Waals surface area (Å²) in [7, 11) is 1.47. The predicted octanol–water partition coefficient (Wildman–Crippen LogP) is 0.474. The normalized spacial score (nSPS) is 20.7. The molecule has 1 saturated heterocycles. The fraction of sp³-hybridized carbons (Fsp3) is 0.375. The first kappa shape index (κ1) is 23.4. The predicted molar refractivity (Wildman–Crippen MR) is 121 cm³/mol. The van der Waals surface area contributed by atoms with E-state index in [-0.39, 0.29) is 30.9 Å². The third kappa shape index (κ3) is 5.40. The van der Waals surface area contributed by atoms with Crippen LogP contribution in [0.2, 0.25) is 0 Å². The highest BCUT2D eigenvalue weighted by Gasteiger charge is 2.34. The third-order valence-corrected chi connectivity index (χ3v) is 5.84. The summed E-state index contributed by atoms with van der Waals surface area (Å²) >= 11 is 0. The standard InChI is InChI=1S/C24H27N3O7/c1-32-20-7-4-16-10-21(20)33-14-22(29)25-11-15-2-5-17(6-3-15)34-19-8-9-27(23(30)13-28)12-18(19)26-24(16)31/h2-7,10,18-19,28H,8-9,11-14H2,1H3,(H,25,29)(H,26,31)/t18-,19+/m0/s1. The fourth-order valence-electron chi connectivity index (χ4n) is 3.97. The van der Waals surface area contributed by atoms with Gasteiger partial charge in [0.1, 0.15) is 18.5 Å². The van der Waals surface area contributed by atoms with Crippen molar-refractivity contribution in [2.24, 2.45) is 0 Å². The van der Waals surface area contributed by atoms with E-state index in [1.165, 1.54) is 18.1 Å². The Morgan fingerprint density at radius 1 is 1.21 bits per heavy atom. The Hall–Kier alpha value is -3.79. The SMILES string of the molecule is COc1ccc2cc1OCC(=O)NCc1ccc(cc1)O[C@@H]1CCN(C(=O)CO)C[C@@H]1NC2=O. The number of likely N-dealkylation sites (tertiary alicyclic amines) is 1. The first-order valence-corrected chi connectivity index (χ1v) is 11.0. The van der Waals surface area contributed by atoms with E-state index in [1.807, 2.05) is 12.1 Å². The maximum atomic E-state index is 13.1. The number of amides is 3. The number of ether oxygens (including phenoxy) is 3. The number of hydrogen-bond donors (Lipinski definition) is 3. The van der Waals surface area contributed by atoms with Gasteiger partial charge in [-0.15, -0.1) is 0 Å². The summed E-state index contributed by atoms with van der Waals surface area (Å²) in [5.74, 6) is 0.135. The van der Waals surface area contributed by atoms with Crippen LogP contribution < -0.4 is 24.8 Å². The lowest BCUT2D eigenvalue weighted by atomic mass is 10.0. The van der Waals surface area contributed by atoms with Gasteiger partial charge < -0.3 is 34.9 Å². The number of nitrogens with zero attached hydrogens (tertiary/aromatic N) is 1. The molecule has 3 N–H and O–H groups in total. The second kappa shape index (κ2) is 10.4. The van der Waals surface area contributed by atoms with Crippen LogP contribution in [0.15, 0.2) is 42.5 Å². The molecule has 3 aliphatic rings. The van der Waals surface area contributed by atoms with Crippen LogP contribution in [0.1, 0.15) is 22.3 Å². The molecule has 0 saturated carbocycles. The number of aliphatic hydroxyl groups excluding tert-OH is 1. The molecule has 34 heavy (non-hydrogen) atoms. The summed E-state index contributed by atoms with van der Waals surface area (Å²) in [6.45, 7) is 0.0853. The molecule has 1 fully saturated rings. The number of hydrogen-bond acceptors (Lipinski definition) is 7. The van der Waals surface area contributed by atoms with Crippen molar-refractivity contribution in [2.45, 2.75) is 25.1 Å². The fourth-order valence-corrected chi connectivity index (χ4v) is 3.97. The van der Waals surface area contributed by atoms with Crippen LogP contribution >= 0.6 is 0 Å². The highest BCUT2D eigenvalue weighted by Crippen LogP contribution is 2.28. The van der Waals surface area contributed by atoms with Crippen LogP contribution in [0, 0.1) is 0 Å². The first-order valence-electron chi connectivity index (χ1n) is 11.0. The molecule has 0 unspecified atom stereocenters. The number of benzene rings is 2. The Kier molecular flexibility index (Phi) is 7.17. The third-order valence-electron chi connectivity index (χ3n) is 5.84. The lowest BCUT2D eigenvalue weighted by Gasteiger charge is -2.38. The quantitative estimate of drug-likeness (QED) is 0.584. The van der Waals surface area contributed by atoms with Gasteiger partial charge in [0.05, 0.1) is 13.2 Å². The summed E-state index contributed by atoms with van der Waals surface area (Å²) in [6.07, 6.45) is 0.0905. The van der Waals surface area contributed by atoms with Gasteiger partial charge in [-0.2, -0.15) is 0 Å². The molecular formula is C24H27N3O7. The van der Waals surface area contributed by atoms with Crippen LogP contribution in [0.25, 0.3) is 0 Å². The van der Waals surface area contributed by atoms with Gasteiger partial charge in [-0.05, 0) is 35.9 Å². The maximum absolute atomic E-state index is 13.1. The second-order valence-corrected chi connectivity index (χ2v) is 8.10. The van der Waals surface area contributed by atoms with Crippen molar-refractivity contribution in [2.75, 3.05) is 33.4 Å². The highest BCUT2D eigenvalue weighted by molar-refractivity contribution is 5.95. The van der Waals surface area contributed by atoms with Crippen LogP contribution in [-0.2, 0) is 16.1 Å². The molecule has 2 aromatic rings. The largest absolute Gasteiger partial charge is 0.493 e. The van der Waals surface area contributed by atoms with Crippen molar-refractivity contribution < 1.29 is 33.7 Å². The number of nitrogens with one attached hydrogen (secondary N) is 2. The van der Waals surface area contributed by atoms with Gasteiger partial charge in [0, 0.05) is 31.6 Å². The molecule has 0 spiro atoms. The van der Waals surface area contributed by atoms with Crippen molar-refractivity contribution in [3.05, 3.63) is 53.6 Å². The molecule has 3 amide bonds. The monoisotopic (exact) mass is 469 g/mol. The molecule has 2 aromatic carbocycles. The molecule has 10 nitrogen and oxygen atoms in total. The lowest BCUT2D eigenvalue weighted by molar-refractivity contribution is -0.136. The molecule has 0 aromatic heterocycles. The Labute approximate surface area is 196 Å². The molecule has 0 radical (unpaired) electrons. The zero-order valence-corrected chi connectivity index (χ0v) is 18.8. The Morgan fingerprint density at radius 2 is 2.00 bits per heavy atom. The molecule has 3 heterocycles. The molecule has 4 bridgehead atoms. The van der Waals surface area contributed by atoms with E-state index < -0.39 is 24.5 Å². The number of methoxy groups -OCH3 is 1. The van der Waals surface area contributed by atoms with Gasteiger partial charge in [0.15, 0.2) is 18.1 Å². The van der Waals surface area contributed by atoms with Crippen molar-refractivity contribution in [1.29, 1.82) is 0 Å². The summed E-state index contributed by atoms with van der Waals surface area (Å²) in [5.41, 5.74) is 1.19. The summed E-state index contributed by atoms with van der Waals surface area (Å²) in [5, 5.41) is 15.0. The van der Waals surface area contributed by atoms with E-state index in [9.17, 15) is 19.5 Å². The molecule has 5 rings (SSSR count). The van der Waals surface area contributed by atoms with Gasteiger partial charge in [-0.1, -0.05) is 12.1 Å². The van der Waals surface area contributed by atoms with Crippen LogP contribution in [0.3, 0.4) is 0 Å². The van der Waals surface area contributed by atoms with E-state index in [0.717, 1.165) is 5.56 Å². The molecular weight excluding hydrogens is 442 g/mol. The van der Waals surface area contributed by atoms with Gasteiger partial charge in [-0.3, -0.25) is 14.4 Å². The highest BCUT2D eigenvalue weighted by atomic mass is 16.5. The molecule has 3 aliphatic heterocycles. The van der Waals surface area contributed by atoms with Crippen LogP contribution in [0.4, 0.5) is 0 Å². The zero-order chi connectivity index (χ0) is 24.1. The molecule has 10 heteroatoms. The van der Waals surface area contributed by atoms with Crippen molar-refractivity contribution in [3.63, 3.8) is 0 Å². The zero-order valence-electron chi connectivity index (χ0n) is 18.8. The van der Waals surface area contributed by atoms with E-state index in [0.29, 0.717) is 36.6 Å². The van der Waals surface area contributed by atoms with Gasteiger partial charge >= 0.3 is 0 Å². The lowest BCUT2D eigenvalue weighted by Crippen LogP contribution is -2.58. The van der Waals surface area contributed by atoms with Gasteiger partial charge in [-0.25, -0.2) is 0 Å². The maximum Gasteiger partial charge on any atom is 0.258 e. The minimum absolute atomic E-state index is 0.200. The first-order chi connectivity index (χ1) is 16.5. The number of fused-ring (bicyclic) bond motifs is 7. The van der Waals surface area contributed by atoms with Crippen molar-refractivity contribution in [1.82, 2.24) is 15.5 Å². The molecule has 0 aliphatic carbocycles. The van der Waals surface area contributed by atoms with E-state index >= 15 is 0 Å². The average molecular weight is 469 g/mol. The van der Waals surface area contributed by atoms with E-state index in [4.69, 9.17) is 14.2 Å². The number of carbonyl (C=O) groups is 3. The Morgan fingerprint density at radius 3 is 2.74 bits per heavy atom. The summed E-state index contributed by atoms with van der Waals surface area (Å²) < 4.78 is 17.1. The van der Waals surface area contributed by atoms with Gasteiger partial charge in [0.25, 0.3) is 11.8 Å². The van der Waals surface area contributed by atoms with Gasteiger partial charge in [0.2, 0.25) is 5.91 Å². The van der Waals surface area contributed by atoms with Crippen molar-refractivity contribution in [3.8, 4) is 17.2 Å². The van der Waals surface area contributed by atoms with Crippen LogP contribution in [0.5, 0.6) is 17.2 Å². The Balaban J connectivity index is 1.65. The number of piperidine rings is 1. The van der Waals surface area contributed by atoms with Crippen molar-refractivity contribution >= 4 is 17.7 Å². The second-order valence-electron chi connectivity index (χ2n) is 8.10. The smallest absolute Gasteiger partial charge is 0.258 e. The topological polar surface area (TPSA) is 126 Å². The average Bonchev–Trinajstić information content (AvgIpc) is 2.86. The minimum Gasteiger partial charge on any atom is -0.493 e. The van der Waals surface area contributed by atoms with E-state index in [2.05, 4.69) is 10.6 Å². The van der Waals surface area contributed by atoms with Crippen LogP contribution in [-0.4, -0.2) is 73.3 Å².